The zero-order chi connectivity index (χ0) is 22.0. The number of hydrogen-bond donors (Lipinski definition) is 0. The van der Waals surface area contributed by atoms with E-state index in [-0.39, 0.29) is 11.5 Å². The van der Waals surface area contributed by atoms with E-state index in [1.165, 1.54) is 16.0 Å². The molecule has 0 radical (unpaired) electrons. The molecule has 4 rings (SSSR count). The number of ether oxygens (including phenoxy) is 1. The third-order valence-electron chi connectivity index (χ3n) is 5.83. The van der Waals surface area contributed by atoms with Crippen molar-refractivity contribution in [1.82, 2.24) is 0 Å². The quantitative estimate of drug-likeness (QED) is 0.405. The van der Waals surface area contributed by atoms with Gasteiger partial charge in [0, 0.05) is 11.3 Å². The van der Waals surface area contributed by atoms with Gasteiger partial charge in [-0.2, -0.15) is 5.10 Å². The number of methoxy groups -OCH3 is 1. The van der Waals surface area contributed by atoms with Crippen LogP contribution in [0.1, 0.15) is 49.9 Å². The summed E-state index contributed by atoms with van der Waals surface area (Å²) in [4.78, 5) is 1.28. The number of thioether (sulfide) groups is 1. The van der Waals surface area contributed by atoms with Gasteiger partial charge in [0.1, 0.15) is 5.75 Å². The Morgan fingerprint density at radius 2 is 1.55 bits per heavy atom. The molecule has 3 aromatic carbocycles. The molecule has 1 unspecified atom stereocenters. The summed E-state index contributed by atoms with van der Waals surface area (Å²) in [5, 5.41) is 7.26. The van der Waals surface area contributed by atoms with E-state index in [1.807, 2.05) is 12.1 Å². The molecule has 3 aromatic rings. The molecular weight excluding hydrogens is 400 g/mol. The predicted octanol–water partition coefficient (Wildman–Crippen LogP) is 7.07. The highest BCUT2D eigenvalue weighted by Gasteiger charge is 2.30. The van der Waals surface area contributed by atoms with Gasteiger partial charge in [0.05, 0.1) is 24.6 Å². The molecule has 1 aliphatic heterocycles. The number of nitrogens with zero attached hydrogens (tertiary/aromatic N) is 2. The fraction of sp³-hybridized carbons (Fsp3) is 0.296. The summed E-state index contributed by atoms with van der Waals surface area (Å²) in [6, 6.07) is 26.1. The van der Waals surface area contributed by atoms with E-state index in [9.17, 15) is 0 Å². The zero-order valence-electron chi connectivity index (χ0n) is 18.9. The van der Waals surface area contributed by atoms with Crippen LogP contribution < -0.4 is 9.75 Å². The normalized spacial score (nSPS) is 16.4. The van der Waals surface area contributed by atoms with Crippen molar-refractivity contribution in [3.8, 4) is 5.75 Å². The topological polar surface area (TPSA) is 24.8 Å². The highest BCUT2D eigenvalue weighted by molar-refractivity contribution is 7.98. The lowest BCUT2D eigenvalue weighted by atomic mass is 9.87. The largest absolute Gasteiger partial charge is 0.497 e. The molecule has 0 saturated heterocycles. The molecule has 3 nitrogen and oxygen atoms in total. The number of benzene rings is 3. The second-order valence-electron chi connectivity index (χ2n) is 8.91. The molecule has 0 fully saturated rings. The fourth-order valence-electron chi connectivity index (χ4n) is 3.91. The van der Waals surface area contributed by atoms with Crippen molar-refractivity contribution < 1.29 is 4.74 Å². The molecule has 0 saturated carbocycles. The Balaban J connectivity index is 1.70. The van der Waals surface area contributed by atoms with Crippen LogP contribution in [0.15, 0.2) is 82.8 Å². The molecule has 0 amide bonds. The Kier molecular flexibility index (Phi) is 6.10. The Bertz CT molecular complexity index is 1050. The van der Waals surface area contributed by atoms with Crippen molar-refractivity contribution in [2.75, 3.05) is 18.4 Å². The van der Waals surface area contributed by atoms with Crippen LogP contribution in [0.5, 0.6) is 5.75 Å². The van der Waals surface area contributed by atoms with E-state index in [2.05, 4.69) is 92.7 Å². The van der Waals surface area contributed by atoms with Crippen molar-refractivity contribution in [3.05, 3.63) is 89.5 Å². The van der Waals surface area contributed by atoms with Gasteiger partial charge in [0.25, 0.3) is 0 Å². The Hall–Kier alpha value is -2.72. The average Bonchev–Trinajstić information content (AvgIpc) is 3.24. The first-order valence-electron chi connectivity index (χ1n) is 10.6. The van der Waals surface area contributed by atoms with Crippen molar-refractivity contribution in [1.29, 1.82) is 0 Å². The first kappa shape index (κ1) is 21.5. The lowest BCUT2D eigenvalue weighted by Crippen LogP contribution is -2.19. The van der Waals surface area contributed by atoms with E-state index in [1.54, 1.807) is 18.9 Å². The number of anilines is 1. The fourth-order valence-corrected chi connectivity index (χ4v) is 4.31. The highest BCUT2D eigenvalue weighted by atomic mass is 32.2. The second-order valence-corrected chi connectivity index (χ2v) is 9.79. The molecule has 31 heavy (non-hydrogen) atoms. The Labute approximate surface area is 190 Å². The second kappa shape index (κ2) is 8.80. The first-order valence-corrected chi connectivity index (χ1v) is 11.9. The molecule has 1 atom stereocenters. The summed E-state index contributed by atoms with van der Waals surface area (Å²) in [6.07, 6.45) is 2.98. The van der Waals surface area contributed by atoms with Crippen LogP contribution in [0.4, 0.5) is 5.69 Å². The monoisotopic (exact) mass is 430 g/mol. The number of rotatable bonds is 5. The summed E-state index contributed by atoms with van der Waals surface area (Å²) < 4.78 is 5.32. The summed E-state index contributed by atoms with van der Waals surface area (Å²) in [7, 11) is 1.69. The van der Waals surface area contributed by atoms with Crippen LogP contribution in [0.25, 0.3) is 0 Å². The molecule has 1 aliphatic rings. The van der Waals surface area contributed by atoms with E-state index in [0.717, 1.165) is 29.1 Å². The summed E-state index contributed by atoms with van der Waals surface area (Å²) in [6.45, 7) is 6.73. The Morgan fingerprint density at radius 3 is 2.10 bits per heavy atom. The van der Waals surface area contributed by atoms with Crippen molar-refractivity contribution in [3.63, 3.8) is 0 Å². The van der Waals surface area contributed by atoms with E-state index in [0.29, 0.717) is 0 Å². The zero-order valence-corrected chi connectivity index (χ0v) is 19.7. The van der Waals surface area contributed by atoms with Gasteiger partial charge in [0.15, 0.2) is 0 Å². The molecule has 0 N–H and O–H groups in total. The molecule has 0 spiro atoms. The maximum absolute atomic E-state index is 5.32. The van der Waals surface area contributed by atoms with Gasteiger partial charge in [-0.15, -0.1) is 11.8 Å². The standard InChI is InChI=1S/C27H30N2OS/c1-27(2,3)21-10-12-22(13-11-21)29-26(20-8-16-24(31-5)17-9-20)18-25(28-29)19-6-14-23(30-4)15-7-19/h6-17,26H,18H2,1-5H3. The SMILES string of the molecule is COc1ccc(C2=NN(c3ccc(C(C)(C)C)cc3)C(c3ccc(SC)cc3)C2)cc1. The number of hydrazone groups is 1. The molecule has 0 bridgehead atoms. The third kappa shape index (κ3) is 4.64. The van der Waals surface area contributed by atoms with Crippen LogP contribution in [0.3, 0.4) is 0 Å². The minimum absolute atomic E-state index is 0.133. The van der Waals surface area contributed by atoms with Gasteiger partial charge < -0.3 is 4.74 Å². The molecular formula is C27H30N2OS. The van der Waals surface area contributed by atoms with Crippen LogP contribution in [-0.4, -0.2) is 19.1 Å². The van der Waals surface area contributed by atoms with E-state index >= 15 is 0 Å². The van der Waals surface area contributed by atoms with Gasteiger partial charge in [-0.3, -0.25) is 5.01 Å². The smallest absolute Gasteiger partial charge is 0.118 e. The third-order valence-corrected chi connectivity index (χ3v) is 6.58. The van der Waals surface area contributed by atoms with Crippen LogP contribution in [0.2, 0.25) is 0 Å². The minimum Gasteiger partial charge on any atom is -0.497 e. The molecule has 4 heteroatoms. The maximum atomic E-state index is 5.32. The van der Waals surface area contributed by atoms with Gasteiger partial charge >= 0.3 is 0 Å². The lowest BCUT2D eigenvalue weighted by Gasteiger charge is -2.25. The van der Waals surface area contributed by atoms with Crippen LogP contribution in [-0.2, 0) is 5.41 Å². The highest BCUT2D eigenvalue weighted by Crippen LogP contribution is 2.38. The number of hydrogen-bond acceptors (Lipinski definition) is 4. The summed E-state index contributed by atoms with van der Waals surface area (Å²) in [5.74, 6) is 0.862. The molecule has 160 valence electrons. The lowest BCUT2D eigenvalue weighted by molar-refractivity contribution is 0.415. The van der Waals surface area contributed by atoms with Crippen molar-refractivity contribution >= 4 is 23.2 Å². The van der Waals surface area contributed by atoms with Crippen LogP contribution >= 0.6 is 11.8 Å². The van der Waals surface area contributed by atoms with Gasteiger partial charge in [-0.1, -0.05) is 45.0 Å². The predicted molar refractivity (Wildman–Crippen MR) is 133 cm³/mol. The maximum Gasteiger partial charge on any atom is 0.118 e. The molecule has 1 heterocycles. The summed E-state index contributed by atoms with van der Waals surface area (Å²) in [5.41, 5.74) is 6.10. The molecule has 0 aromatic heterocycles. The van der Waals surface area contributed by atoms with Gasteiger partial charge in [-0.05, 0) is 76.9 Å². The van der Waals surface area contributed by atoms with Crippen molar-refractivity contribution in [2.24, 2.45) is 5.10 Å². The first-order chi connectivity index (χ1) is 14.9. The van der Waals surface area contributed by atoms with Crippen LogP contribution in [0, 0.1) is 0 Å². The van der Waals surface area contributed by atoms with E-state index < -0.39 is 0 Å². The van der Waals surface area contributed by atoms with Crippen molar-refractivity contribution in [2.45, 2.75) is 43.5 Å². The van der Waals surface area contributed by atoms with E-state index in [4.69, 9.17) is 9.84 Å². The molecule has 0 aliphatic carbocycles. The van der Waals surface area contributed by atoms with Gasteiger partial charge in [-0.25, -0.2) is 0 Å². The minimum atomic E-state index is 0.133. The summed E-state index contributed by atoms with van der Waals surface area (Å²) >= 11 is 1.77. The Morgan fingerprint density at radius 1 is 0.903 bits per heavy atom. The van der Waals surface area contributed by atoms with Gasteiger partial charge in [0.2, 0.25) is 0 Å². The average molecular weight is 431 g/mol.